The SMILES string of the molecule is Cc1ccc(Oc2nc(=O)ccs2)cn1. The zero-order chi connectivity index (χ0) is 10.7. The Labute approximate surface area is 90.2 Å². The third-order valence-electron chi connectivity index (χ3n) is 1.67. The summed E-state index contributed by atoms with van der Waals surface area (Å²) < 4.78 is 5.36. The highest BCUT2D eigenvalue weighted by atomic mass is 32.1. The van der Waals surface area contributed by atoms with Gasteiger partial charge in [0.2, 0.25) is 0 Å². The summed E-state index contributed by atoms with van der Waals surface area (Å²) in [5.74, 6) is 0.579. The zero-order valence-electron chi connectivity index (χ0n) is 8.01. The molecule has 2 rings (SSSR count). The van der Waals surface area contributed by atoms with Crippen LogP contribution in [0.3, 0.4) is 0 Å². The van der Waals surface area contributed by atoms with Gasteiger partial charge in [-0.15, -0.1) is 0 Å². The third kappa shape index (κ3) is 2.60. The number of rotatable bonds is 2. The summed E-state index contributed by atoms with van der Waals surface area (Å²) in [6.45, 7) is 1.89. The first kappa shape index (κ1) is 9.79. The fourth-order valence-corrected chi connectivity index (χ4v) is 1.55. The molecule has 0 bridgehead atoms. The van der Waals surface area contributed by atoms with Crippen molar-refractivity contribution in [3.63, 3.8) is 0 Å². The van der Waals surface area contributed by atoms with E-state index in [9.17, 15) is 4.79 Å². The minimum Gasteiger partial charge on any atom is -0.429 e. The molecule has 0 spiro atoms. The first-order valence-corrected chi connectivity index (χ1v) is 5.18. The summed E-state index contributed by atoms with van der Waals surface area (Å²) in [6, 6.07) is 5.01. The molecule has 5 heteroatoms. The lowest BCUT2D eigenvalue weighted by Gasteiger charge is -2.01. The van der Waals surface area contributed by atoms with E-state index >= 15 is 0 Å². The Morgan fingerprint density at radius 2 is 2.20 bits per heavy atom. The number of pyridine rings is 1. The second kappa shape index (κ2) is 4.18. The topological polar surface area (TPSA) is 52.1 Å². The van der Waals surface area contributed by atoms with Crippen LogP contribution < -0.4 is 10.3 Å². The molecule has 2 aromatic rings. The fourth-order valence-electron chi connectivity index (χ4n) is 0.966. The third-order valence-corrected chi connectivity index (χ3v) is 2.32. The Morgan fingerprint density at radius 1 is 1.33 bits per heavy atom. The monoisotopic (exact) mass is 220 g/mol. The summed E-state index contributed by atoms with van der Waals surface area (Å²) in [5.41, 5.74) is 0.611. The van der Waals surface area contributed by atoms with Crippen molar-refractivity contribution in [1.82, 2.24) is 9.97 Å². The van der Waals surface area contributed by atoms with Gasteiger partial charge in [-0.25, -0.2) is 0 Å². The van der Waals surface area contributed by atoms with Crippen LogP contribution in [0.4, 0.5) is 0 Å². The van der Waals surface area contributed by atoms with E-state index in [4.69, 9.17) is 4.74 Å². The van der Waals surface area contributed by atoms with E-state index in [1.54, 1.807) is 17.6 Å². The number of aromatic nitrogens is 2. The molecule has 0 aliphatic carbocycles. The van der Waals surface area contributed by atoms with Gasteiger partial charge in [0.25, 0.3) is 10.8 Å². The highest BCUT2D eigenvalue weighted by molar-refractivity contribution is 7.11. The van der Waals surface area contributed by atoms with Gasteiger partial charge in [-0.05, 0) is 19.1 Å². The molecule has 0 saturated carbocycles. The van der Waals surface area contributed by atoms with Crippen LogP contribution in [-0.4, -0.2) is 9.97 Å². The Hall–Kier alpha value is -1.75. The highest BCUT2D eigenvalue weighted by Gasteiger charge is 1.99. The maximum atomic E-state index is 10.9. The van der Waals surface area contributed by atoms with Gasteiger partial charge in [-0.2, -0.15) is 4.98 Å². The van der Waals surface area contributed by atoms with E-state index in [0.717, 1.165) is 5.69 Å². The van der Waals surface area contributed by atoms with E-state index in [1.165, 1.54) is 17.4 Å². The first-order valence-electron chi connectivity index (χ1n) is 4.30. The van der Waals surface area contributed by atoms with Crippen molar-refractivity contribution in [2.24, 2.45) is 0 Å². The molecule has 15 heavy (non-hydrogen) atoms. The molecule has 76 valence electrons. The molecule has 0 aromatic carbocycles. The van der Waals surface area contributed by atoms with Crippen molar-refractivity contribution in [2.75, 3.05) is 0 Å². The molecule has 0 fully saturated rings. The van der Waals surface area contributed by atoms with Crippen molar-refractivity contribution in [3.8, 4) is 10.9 Å². The molecule has 0 amide bonds. The molecule has 2 aromatic heterocycles. The van der Waals surface area contributed by atoms with E-state index in [2.05, 4.69) is 9.97 Å². The van der Waals surface area contributed by atoms with Crippen LogP contribution in [0.2, 0.25) is 0 Å². The average Bonchev–Trinajstić information content (AvgIpc) is 2.22. The number of ether oxygens (including phenoxy) is 1. The van der Waals surface area contributed by atoms with E-state index in [0.29, 0.717) is 10.9 Å². The summed E-state index contributed by atoms with van der Waals surface area (Å²) in [6.07, 6.45) is 1.60. The Kier molecular flexibility index (Phi) is 2.73. The second-order valence-electron chi connectivity index (χ2n) is 2.87. The van der Waals surface area contributed by atoms with Gasteiger partial charge in [-0.1, -0.05) is 11.3 Å². The predicted molar refractivity (Wildman–Crippen MR) is 57.4 cm³/mol. The molecule has 0 aliphatic rings. The molecule has 2 heterocycles. The lowest BCUT2D eigenvalue weighted by Crippen LogP contribution is -2.02. The van der Waals surface area contributed by atoms with Crippen LogP contribution >= 0.6 is 11.3 Å². The molecule has 4 nitrogen and oxygen atoms in total. The number of hydrogen-bond donors (Lipinski definition) is 0. The largest absolute Gasteiger partial charge is 0.429 e. The summed E-state index contributed by atoms with van der Waals surface area (Å²) in [7, 11) is 0. The van der Waals surface area contributed by atoms with Crippen molar-refractivity contribution in [1.29, 1.82) is 0 Å². The van der Waals surface area contributed by atoms with Crippen molar-refractivity contribution in [2.45, 2.75) is 6.92 Å². The van der Waals surface area contributed by atoms with E-state index in [-0.39, 0.29) is 5.56 Å². The Bertz CT molecular complexity index is 507. The molecule has 0 unspecified atom stereocenters. The molecule has 0 radical (unpaired) electrons. The summed E-state index contributed by atoms with van der Waals surface area (Å²) in [4.78, 5) is 18.7. The average molecular weight is 220 g/mol. The quantitative estimate of drug-likeness (QED) is 0.776. The number of aryl methyl sites for hydroxylation is 1. The van der Waals surface area contributed by atoms with Crippen LogP contribution in [0.15, 0.2) is 34.6 Å². The van der Waals surface area contributed by atoms with Gasteiger partial charge in [0.15, 0.2) is 0 Å². The highest BCUT2D eigenvalue weighted by Crippen LogP contribution is 2.20. The summed E-state index contributed by atoms with van der Waals surface area (Å²) >= 11 is 1.26. The van der Waals surface area contributed by atoms with Crippen LogP contribution in [0.25, 0.3) is 0 Å². The van der Waals surface area contributed by atoms with Gasteiger partial charge in [0.05, 0.1) is 6.20 Å². The minimum atomic E-state index is -0.302. The maximum Gasteiger partial charge on any atom is 0.282 e. The first-order chi connectivity index (χ1) is 7.24. The smallest absolute Gasteiger partial charge is 0.282 e. The van der Waals surface area contributed by atoms with Gasteiger partial charge in [0.1, 0.15) is 5.75 Å². The van der Waals surface area contributed by atoms with Crippen LogP contribution in [0, 0.1) is 6.92 Å². The lowest BCUT2D eigenvalue weighted by atomic mass is 10.4. The Morgan fingerprint density at radius 3 is 2.87 bits per heavy atom. The maximum absolute atomic E-state index is 10.9. The van der Waals surface area contributed by atoms with E-state index < -0.39 is 0 Å². The lowest BCUT2D eigenvalue weighted by molar-refractivity contribution is 0.473. The molecular weight excluding hydrogens is 212 g/mol. The zero-order valence-corrected chi connectivity index (χ0v) is 8.82. The molecule has 0 aliphatic heterocycles. The number of hydrogen-bond acceptors (Lipinski definition) is 5. The summed E-state index contributed by atoms with van der Waals surface area (Å²) in [5, 5.41) is 1.97. The molecule has 0 N–H and O–H groups in total. The molecule has 0 atom stereocenters. The standard InChI is InChI=1S/C10H8N2O2S/c1-7-2-3-8(6-11-7)14-10-12-9(13)4-5-15-10/h2-6H,1H3. The van der Waals surface area contributed by atoms with Crippen molar-refractivity contribution >= 4 is 11.3 Å². The number of nitrogens with zero attached hydrogens (tertiary/aromatic N) is 2. The normalized spacial score (nSPS) is 9.93. The minimum absolute atomic E-state index is 0.302. The second-order valence-corrected chi connectivity index (χ2v) is 3.73. The van der Waals surface area contributed by atoms with Crippen LogP contribution in [0.1, 0.15) is 5.69 Å². The van der Waals surface area contributed by atoms with Crippen LogP contribution in [0.5, 0.6) is 10.9 Å². The van der Waals surface area contributed by atoms with Gasteiger partial charge < -0.3 is 4.74 Å². The molecule has 0 saturated heterocycles. The van der Waals surface area contributed by atoms with Gasteiger partial charge >= 0.3 is 0 Å². The predicted octanol–water partition coefficient (Wildman–Crippen LogP) is 2.00. The van der Waals surface area contributed by atoms with Crippen molar-refractivity contribution in [3.05, 3.63) is 45.8 Å². The van der Waals surface area contributed by atoms with Gasteiger partial charge in [-0.3, -0.25) is 9.78 Å². The fraction of sp³-hybridized carbons (Fsp3) is 0.100. The van der Waals surface area contributed by atoms with Crippen molar-refractivity contribution < 1.29 is 4.74 Å². The molecular formula is C10H8N2O2S. The van der Waals surface area contributed by atoms with Crippen LogP contribution in [-0.2, 0) is 0 Å². The van der Waals surface area contributed by atoms with E-state index in [1.807, 2.05) is 13.0 Å². The van der Waals surface area contributed by atoms with Gasteiger partial charge in [0, 0.05) is 17.1 Å². The Balaban J connectivity index is 2.22.